The molecule has 0 saturated carbocycles. The SMILES string of the molecule is CF.COc1c(NS(=O)(=O)c2ccccc2)cc2c(c1OC)-c1ccc(OC)c(=O)cc1[C@@H](NC(C)=O)CC2.FF.FF. The van der Waals surface area contributed by atoms with Crippen molar-refractivity contribution in [3.8, 4) is 28.4 Å². The molecule has 4 rings (SSSR count). The van der Waals surface area contributed by atoms with E-state index in [0.29, 0.717) is 42.5 Å². The predicted molar refractivity (Wildman–Crippen MR) is 151 cm³/mol. The van der Waals surface area contributed by atoms with Crippen LogP contribution in [0.15, 0.2) is 64.3 Å². The Bertz CT molecular complexity index is 1530. The van der Waals surface area contributed by atoms with Crippen molar-refractivity contribution in [2.75, 3.05) is 33.2 Å². The number of hydrogen-bond donors (Lipinski definition) is 2. The number of fused-ring (bicyclic) bond motifs is 3. The van der Waals surface area contributed by atoms with Crippen LogP contribution in [0.3, 0.4) is 0 Å². The highest BCUT2D eigenvalue weighted by molar-refractivity contribution is 7.92. The molecule has 2 N–H and O–H groups in total. The lowest BCUT2D eigenvalue weighted by atomic mass is 9.95. The van der Waals surface area contributed by atoms with Crippen LogP contribution in [0.1, 0.15) is 30.5 Å². The summed E-state index contributed by atoms with van der Waals surface area (Å²) in [5.74, 6) is 0.390. The molecule has 1 atom stereocenters. The largest absolute Gasteiger partial charge is 0.493 e. The molecule has 3 aromatic rings. The fraction of sp³-hybridized carbons (Fsp3) is 0.286. The Morgan fingerprint density at radius 3 is 2.02 bits per heavy atom. The molecule has 0 aliphatic heterocycles. The van der Waals surface area contributed by atoms with Gasteiger partial charge in [-0.25, -0.2) is 8.42 Å². The third-order valence-corrected chi connectivity index (χ3v) is 7.59. The number of benzene rings is 2. The van der Waals surface area contributed by atoms with Crippen molar-refractivity contribution in [1.82, 2.24) is 5.32 Å². The lowest BCUT2D eigenvalue weighted by Crippen LogP contribution is -2.26. The van der Waals surface area contributed by atoms with E-state index in [4.69, 9.17) is 32.5 Å². The maximum atomic E-state index is 13.1. The number of carbonyl (C=O) groups excluding carboxylic acids is 1. The van der Waals surface area contributed by atoms with E-state index < -0.39 is 16.1 Å². The highest BCUT2D eigenvalue weighted by Crippen LogP contribution is 2.49. The monoisotopic (exact) mass is 634 g/mol. The Morgan fingerprint density at radius 1 is 0.884 bits per heavy atom. The summed E-state index contributed by atoms with van der Waals surface area (Å²) in [5.41, 5.74) is 2.52. The first-order valence-electron chi connectivity index (χ1n) is 12.2. The van der Waals surface area contributed by atoms with Crippen LogP contribution in [-0.4, -0.2) is 42.8 Å². The molecule has 0 aromatic heterocycles. The third-order valence-electron chi connectivity index (χ3n) is 6.21. The Hall–Kier alpha value is -4.40. The van der Waals surface area contributed by atoms with E-state index in [1.165, 1.54) is 46.5 Å². The average Bonchev–Trinajstić information content (AvgIpc) is 3.27. The van der Waals surface area contributed by atoms with E-state index in [1.54, 1.807) is 36.4 Å². The smallest absolute Gasteiger partial charge is 0.262 e. The number of sulfonamides is 1. The molecule has 1 aliphatic rings. The van der Waals surface area contributed by atoms with Gasteiger partial charge in [0.15, 0.2) is 17.2 Å². The van der Waals surface area contributed by atoms with E-state index >= 15 is 0 Å². The maximum absolute atomic E-state index is 13.1. The zero-order valence-corrected chi connectivity index (χ0v) is 24.7. The number of amides is 1. The Labute approximate surface area is 245 Å². The number of rotatable bonds is 7. The van der Waals surface area contributed by atoms with Gasteiger partial charge in [0.2, 0.25) is 11.3 Å². The summed E-state index contributed by atoms with van der Waals surface area (Å²) in [4.78, 5) is 25.0. The zero-order valence-electron chi connectivity index (χ0n) is 23.8. The summed E-state index contributed by atoms with van der Waals surface area (Å²) in [6.07, 6.45) is 0.927. The van der Waals surface area contributed by atoms with Crippen LogP contribution >= 0.6 is 0 Å². The number of halogens is 5. The number of nitrogens with one attached hydrogen (secondary N) is 2. The van der Waals surface area contributed by atoms with Crippen molar-refractivity contribution in [1.29, 1.82) is 0 Å². The van der Waals surface area contributed by atoms with Crippen LogP contribution in [0.4, 0.5) is 28.4 Å². The van der Waals surface area contributed by atoms with Gasteiger partial charge in [0.05, 0.1) is 45.1 Å². The van der Waals surface area contributed by atoms with E-state index in [1.807, 2.05) is 0 Å². The molecule has 43 heavy (non-hydrogen) atoms. The number of carbonyl (C=O) groups is 1. The maximum Gasteiger partial charge on any atom is 0.262 e. The van der Waals surface area contributed by atoms with Crippen LogP contribution in [-0.2, 0) is 21.2 Å². The Balaban J connectivity index is 0.00000145. The summed E-state index contributed by atoms with van der Waals surface area (Å²) < 4.78 is 87.0. The van der Waals surface area contributed by atoms with Gasteiger partial charge in [0.25, 0.3) is 10.0 Å². The summed E-state index contributed by atoms with van der Waals surface area (Å²) in [6, 6.07) is 14.0. The fourth-order valence-corrected chi connectivity index (χ4v) is 5.70. The molecule has 0 spiro atoms. The van der Waals surface area contributed by atoms with Gasteiger partial charge in [-0.15, -0.1) is 0 Å². The van der Waals surface area contributed by atoms with Gasteiger partial charge in [-0.05, 0) is 59.9 Å². The van der Waals surface area contributed by atoms with Gasteiger partial charge in [-0.1, -0.05) is 24.3 Å². The minimum atomic E-state index is -3.92. The lowest BCUT2D eigenvalue weighted by Gasteiger charge is -2.21. The number of ether oxygens (including phenoxy) is 3. The van der Waals surface area contributed by atoms with E-state index in [9.17, 15) is 22.4 Å². The van der Waals surface area contributed by atoms with E-state index in [-0.39, 0.29) is 33.4 Å². The van der Waals surface area contributed by atoms with Gasteiger partial charge < -0.3 is 19.5 Å². The molecule has 3 aromatic carbocycles. The molecule has 15 heteroatoms. The highest BCUT2D eigenvalue weighted by atomic mass is 32.2. The second kappa shape index (κ2) is 17.5. The number of methoxy groups -OCH3 is 3. The van der Waals surface area contributed by atoms with Crippen molar-refractivity contribution < 1.29 is 50.1 Å². The zero-order chi connectivity index (χ0) is 32.7. The van der Waals surface area contributed by atoms with Crippen molar-refractivity contribution in [3.05, 3.63) is 75.9 Å². The van der Waals surface area contributed by atoms with Crippen molar-refractivity contribution in [2.24, 2.45) is 0 Å². The minimum Gasteiger partial charge on any atom is -0.493 e. The summed E-state index contributed by atoms with van der Waals surface area (Å²) >= 11 is 0. The molecule has 0 heterocycles. The average molecular weight is 635 g/mol. The molecule has 0 radical (unpaired) electrons. The number of hydrogen-bond acceptors (Lipinski definition) is 7. The lowest BCUT2D eigenvalue weighted by molar-refractivity contribution is -0.119. The van der Waals surface area contributed by atoms with Crippen LogP contribution in [0.5, 0.6) is 17.2 Å². The normalized spacial score (nSPS) is 12.8. The topological polar surface area (TPSA) is 120 Å². The van der Waals surface area contributed by atoms with Gasteiger partial charge in [-0.3, -0.25) is 18.7 Å². The highest BCUT2D eigenvalue weighted by Gasteiger charge is 2.30. The summed E-state index contributed by atoms with van der Waals surface area (Å²) in [6.45, 7) is 1.42. The van der Waals surface area contributed by atoms with Gasteiger partial charge in [0.1, 0.15) is 0 Å². The van der Waals surface area contributed by atoms with Crippen molar-refractivity contribution >= 4 is 21.6 Å². The van der Waals surface area contributed by atoms with Crippen molar-refractivity contribution in [2.45, 2.75) is 30.7 Å². The molecule has 0 unspecified atom stereocenters. The molecule has 0 fully saturated rings. The number of anilines is 1. The second-order valence-electron chi connectivity index (χ2n) is 8.51. The number of aryl methyl sites for hydroxylation is 1. The molecule has 0 saturated heterocycles. The van der Waals surface area contributed by atoms with E-state index in [0.717, 1.165) is 5.56 Å². The van der Waals surface area contributed by atoms with Crippen molar-refractivity contribution in [3.63, 3.8) is 0 Å². The summed E-state index contributed by atoms with van der Waals surface area (Å²) in [5, 5.41) is 2.93. The predicted octanol–water partition coefficient (Wildman–Crippen LogP) is 5.93. The molecule has 1 aliphatic carbocycles. The summed E-state index contributed by atoms with van der Waals surface area (Å²) in [7, 11) is 0.880. The van der Waals surface area contributed by atoms with Crippen LogP contribution in [0, 0.1) is 0 Å². The Kier molecular flexibility index (Phi) is 14.9. The first kappa shape index (κ1) is 36.6. The van der Waals surface area contributed by atoms with Crippen LogP contribution in [0.25, 0.3) is 11.1 Å². The molecular formula is C28H31F5N2O7S. The quantitative estimate of drug-likeness (QED) is 0.309. The first-order valence-corrected chi connectivity index (χ1v) is 13.7. The molecule has 236 valence electrons. The first-order chi connectivity index (χ1) is 20.7. The van der Waals surface area contributed by atoms with Gasteiger partial charge in [0, 0.05) is 30.8 Å². The molecule has 0 bridgehead atoms. The standard InChI is InChI=1S/C27H28N2O7S.CH3F.2F2/c1-16(30)28-21-12-10-17-14-22(29-37(32,33)18-8-6-5-7-9-18)26(35-3)27(36-4)25(17)19-11-13-24(34-2)23(31)15-20(19)21;3*1-2/h5-9,11,13-15,21,29H,10,12H2,1-4H3,(H,28,30);1H3;;/t21-;;;/m0.../s1. The molecule has 9 nitrogen and oxygen atoms in total. The Morgan fingerprint density at radius 2 is 1.49 bits per heavy atom. The van der Waals surface area contributed by atoms with Gasteiger partial charge >= 0.3 is 0 Å². The minimum absolute atomic E-state index is 0.101. The van der Waals surface area contributed by atoms with E-state index in [2.05, 4.69) is 10.0 Å². The number of alkyl halides is 1. The van der Waals surface area contributed by atoms with Crippen LogP contribution in [0.2, 0.25) is 0 Å². The third kappa shape index (κ3) is 8.56. The van der Waals surface area contributed by atoms with Crippen LogP contribution < -0.4 is 29.7 Å². The van der Waals surface area contributed by atoms with Gasteiger partial charge in [-0.2, -0.15) is 0 Å². The molecular weight excluding hydrogens is 603 g/mol. The fourth-order valence-electron chi connectivity index (χ4n) is 4.63. The molecule has 1 amide bonds. The second-order valence-corrected chi connectivity index (χ2v) is 10.2.